The van der Waals surface area contributed by atoms with Crippen LogP contribution in [-0.4, -0.2) is 5.97 Å². The first-order valence-corrected chi connectivity index (χ1v) is 5.50. The summed E-state index contributed by atoms with van der Waals surface area (Å²) < 4.78 is 5.24. The minimum atomic E-state index is -0.390. The summed E-state index contributed by atoms with van der Waals surface area (Å²) in [6.45, 7) is 5.12. The molecule has 2 aromatic carbocycles. The highest BCUT2D eigenvalue weighted by Gasteiger charge is 2.13. The zero-order chi connectivity index (χ0) is 12.3. The molecular formula is C15H14O2. The maximum Gasteiger partial charge on any atom is 0.303 e. The zero-order valence-corrected chi connectivity index (χ0v) is 9.72. The number of benzene rings is 2. The van der Waals surface area contributed by atoms with Gasteiger partial charge in [0.05, 0.1) is 0 Å². The van der Waals surface area contributed by atoms with Gasteiger partial charge < -0.3 is 4.74 Å². The molecule has 0 aliphatic carbocycles. The molecule has 0 spiro atoms. The highest BCUT2D eigenvalue weighted by atomic mass is 16.5. The maximum atomic E-state index is 11.1. The number of hydrogen-bond acceptors (Lipinski definition) is 2. The summed E-state index contributed by atoms with van der Waals surface area (Å²) in [6, 6.07) is 14.0. The molecule has 0 saturated heterocycles. The van der Waals surface area contributed by atoms with E-state index in [9.17, 15) is 4.79 Å². The topological polar surface area (TPSA) is 26.3 Å². The van der Waals surface area contributed by atoms with Crippen molar-refractivity contribution in [3.8, 4) is 0 Å². The third-order valence-corrected chi connectivity index (χ3v) is 2.64. The molecule has 2 aromatic rings. The molecule has 0 unspecified atom stereocenters. The van der Waals surface area contributed by atoms with Crippen molar-refractivity contribution in [1.82, 2.24) is 0 Å². The van der Waals surface area contributed by atoms with Crippen molar-refractivity contribution >= 4 is 16.7 Å². The zero-order valence-electron chi connectivity index (χ0n) is 9.72. The van der Waals surface area contributed by atoms with Gasteiger partial charge in [0, 0.05) is 12.5 Å². The minimum Gasteiger partial charge on any atom is -0.453 e. The Morgan fingerprint density at radius 1 is 1.24 bits per heavy atom. The summed E-state index contributed by atoms with van der Waals surface area (Å²) in [5, 5.41) is 2.21. The number of fused-ring (bicyclic) bond motifs is 1. The number of hydrogen-bond donors (Lipinski definition) is 0. The van der Waals surface area contributed by atoms with E-state index in [2.05, 4.69) is 6.58 Å². The van der Waals surface area contributed by atoms with Crippen LogP contribution in [0.4, 0.5) is 0 Å². The van der Waals surface area contributed by atoms with E-state index in [4.69, 9.17) is 4.74 Å². The van der Waals surface area contributed by atoms with Gasteiger partial charge in [0.25, 0.3) is 0 Å². The molecule has 17 heavy (non-hydrogen) atoms. The fourth-order valence-corrected chi connectivity index (χ4v) is 1.92. The van der Waals surface area contributed by atoms with Gasteiger partial charge in [0.15, 0.2) is 0 Å². The van der Waals surface area contributed by atoms with E-state index in [-0.39, 0.29) is 5.97 Å². The van der Waals surface area contributed by atoms with E-state index < -0.39 is 6.10 Å². The Bertz CT molecular complexity index is 552. The Balaban J connectivity index is 2.53. The molecule has 0 N–H and O–H groups in total. The molecule has 2 heteroatoms. The number of carbonyl (C=O) groups excluding carboxylic acids is 1. The van der Waals surface area contributed by atoms with Crippen molar-refractivity contribution in [2.45, 2.75) is 13.0 Å². The Hall–Kier alpha value is -2.09. The van der Waals surface area contributed by atoms with Gasteiger partial charge in [-0.15, -0.1) is 0 Å². The van der Waals surface area contributed by atoms with Gasteiger partial charge in [0.1, 0.15) is 6.10 Å². The van der Waals surface area contributed by atoms with Gasteiger partial charge >= 0.3 is 5.97 Å². The van der Waals surface area contributed by atoms with Crippen LogP contribution in [-0.2, 0) is 9.53 Å². The monoisotopic (exact) mass is 226 g/mol. The molecule has 0 saturated carbocycles. The van der Waals surface area contributed by atoms with E-state index in [1.807, 2.05) is 42.5 Å². The van der Waals surface area contributed by atoms with E-state index >= 15 is 0 Å². The summed E-state index contributed by atoms with van der Waals surface area (Å²) in [6.07, 6.45) is 1.25. The molecule has 1 atom stereocenters. The third-order valence-electron chi connectivity index (χ3n) is 2.64. The summed E-state index contributed by atoms with van der Waals surface area (Å²) in [7, 11) is 0. The van der Waals surface area contributed by atoms with E-state index in [0.29, 0.717) is 0 Å². The van der Waals surface area contributed by atoms with Gasteiger partial charge in [-0.25, -0.2) is 0 Å². The molecular weight excluding hydrogens is 212 g/mol. The largest absolute Gasteiger partial charge is 0.453 e. The minimum absolute atomic E-state index is 0.303. The SMILES string of the molecule is C=C[C@H](OC(C)=O)c1cccc2ccccc12. The van der Waals surface area contributed by atoms with E-state index in [1.54, 1.807) is 6.08 Å². The average Bonchev–Trinajstić information content (AvgIpc) is 2.35. The van der Waals surface area contributed by atoms with E-state index in [0.717, 1.165) is 16.3 Å². The van der Waals surface area contributed by atoms with Crippen molar-refractivity contribution in [3.63, 3.8) is 0 Å². The van der Waals surface area contributed by atoms with Crippen molar-refractivity contribution in [1.29, 1.82) is 0 Å². The van der Waals surface area contributed by atoms with Crippen LogP contribution in [0.3, 0.4) is 0 Å². The predicted octanol–water partition coefficient (Wildman–Crippen LogP) is 3.63. The Morgan fingerprint density at radius 3 is 2.65 bits per heavy atom. The maximum absolute atomic E-state index is 11.1. The second-order valence-electron chi connectivity index (χ2n) is 3.83. The number of ether oxygens (including phenoxy) is 1. The number of rotatable bonds is 3. The lowest BCUT2D eigenvalue weighted by atomic mass is 10.0. The first kappa shape index (κ1) is 11.4. The van der Waals surface area contributed by atoms with Crippen molar-refractivity contribution in [2.24, 2.45) is 0 Å². The van der Waals surface area contributed by atoms with Crippen molar-refractivity contribution < 1.29 is 9.53 Å². The average molecular weight is 226 g/mol. The summed E-state index contributed by atoms with van der Waals surface area (Å²) >= 11 is 0. The molecule has 0 aromatic heterocycles. The second-order valence-corrected chi connectivity index (χ2v) is 3.83. The van der Waals surface area contributed by atoms with Crippen LogP contribution < -0.4 is 0 Å². The van der Waals surface area contributed by atoms with E-state index in [1.165, 1.54) is 6.92 Å². The first-order valence-electron chi connectivity index (χ1n) is 5.50. The molecule has 0 radical (unpaired) electrons. The molecule has 0 heterocycles. The third kappa shape index (κ3) is 2.36. The van der Waals surface area contributed by atoms with Crippen LogP contribution in [0.2, 0.25) is 0 Å². The quantitative estimate of drug-likeness (QED) is 0.590. The van der Waals surface area contributed by atoms with Gasteiger partial charge in [0.2, 0.25) is 0 Å². The molecule has 0 bridgehead atoms. The van der Waals surface area contributed by atoms with Crippen LogP contribution >= 0.6 is 0 Å². The van der Waals surface area contributed by atoms with Crippen LogP contribution in [0.25, 0.3) is 10.8 Å². The normalized spacial score (nSPS) is 12.1. The number of carbonyl (C=O) groups is 1. The summed E-state index contributed by atoms with van der Waals surface area (Å²) in [5.41, 5.74) is 0.966. The molecule has 86 valence electrons. The Labute approximate surface area is 101 Å². The van der Waals surface area contributed by atoms with Crippen LogP contribution in [0.5, 0.6) is 0 Å². The highest BCUT2D eigenvalue weighted by molar-refractivity contribution is 5.86. The smallest absolute Gasteiger partial charge is 0.303 e. The van der Waals surface area contributed by atoms with Gasteiger partial charge in [-0.1, -0.05) is 49.0 Å². The summed E-state index contributed by atoms with van der Waals surface area (Å²) in [4.78, 5) is 11.1. The van der Waals surface area contributed by atoms with Crippen LogP contribution in [0.1, 0.15) is 18.6 Å². The van der Waals surface area contributed by atoms with Crippen molar-refractivity contribution in [3.05, 3.63) is 60.7 Å². The summed E-state index contributed by atoms with van der Waals surface area (Å²) in [5.74, 6) is -0.303. The fraction of sp³-hybridized carbons (Fsp3) is 0.133. The van der Waals surface area contributed by atoms with Gasteiger partial charge in [-0.3, -0.25) is 4.79 Å². The fourth-order valence-electron chi connectivity index (χ4n) is 1.92. The number of esters is 1. The van der Waals surface area contributed by atoms with Crippen molar-refractivity contribution in [2.75, 3.05) is 0 Å². The predicted molar refractivity (Wildman–Crippen MR) is 68.7 cm³/mol. The Kier molecular flexibility index (Phi) is 3.24. The standard InChI is InChI=1S/C15H14O2/c1-3-15(17-11(2)16)14-10-6-8-12-7-4-5-9-13(12)14/h3-10,15H,1H2,2H3/t15-/m0/s1. The lowest BCUT2D eigenvalue weighted by Gasteiger charge is -2.15. The van der Waals surface area contributed by atoms with Gasteiger partial charge in [-0.05, 0) is 16.8 Å². The molecule has 0 aliphatic rings. The lowest BCUT2D eigenvalue weighted by Crippen LogP contribution is -2.06. The molecule has 0 fully saturated rings. The Morgan fingerprint density at radius 2 is 1.94 bits per heavy atom. The van der Waals surface area contributed by atoms with Crippen LogP contribution in [0.15, 0.2) is 55.1 Å². The highest BCUT2D eigenvalue weighted by Crippen LogP contribution is 2.27. The van der Waals surface area contributed by atoms with Crippen LogP contribution in [0, 0.1) is 0 Å². The lowest BCUT2D eigenvalue weighted by molar-refractivity contribution is -0.144. The molecule has 2 nitrogen and oxygen atoms in total. The molecule has 0 amide bonds. The first-order chi connectivity index (χ1) is 8.22. The second kappa shape index (κ2) is 4.83. The molecule has 2 rings (SSSR count). The molecule has 0 aliphatic heterocycles. The van der Waals surface area contributed by atoms with Gasteiger partial charge in [-0.2, -0.15) is 0 Å².